The van der Waals surface area contributed by atoms with E-state index >= 15 is 0 Å². The zero-order chi connectivity index (χ0) is 31.1. The molecule has 0 N–H and O–H groups in total. The van der Waals surface area contributed by atoms with E-state index in [1.807, 2.05) is 0 Å². The van der Waals surface area contributed by atoms with Gasteiger partial charge in [-0.25, -0.2) is 4.98 Å². The van der Waals surface area contributed by atoms with Crippen LogP contribution in [0.3, 0.4) is 0 Å². The van der Waals surface area contributed by atoms with Crippen LogP contribution in [0.5, 0.6) is 11.5 Å². The summed E-state index contributed by atoms with van der Waals surface area (Å²) in [6, 6.07) is 7.77. The molecule has 0 amide bonds. The lowest BCUT2D eigenvalue weighted by atomic mass is 9.80. The number of nitrogens with zero attached hydrogens (tertiary/aromatic N) is 1. The van der Waals surface area contributed by atoms with E-state index in [2.05, 4.69) is 26.0 Å². The highest BCUT2D eigenvalue weighted by molar-refractivity contribution is 7.32. The van der Waals surface area contributed by atoms with Crippen LogP contribution in [0.2, 0.25) is 0 Å². The van der Waals surface area contributed by atoms with Gasteiger partial charge in [-0.05, 0) is 95.4 Å². The van der Waals surface area contributed by atoms with Crippen LogP contribution in [-0.2, 0) is 19.2 Å². The Morgan fingerprint density at radius 3 is 1.73 bits per heavy atom. The van der Waals surface area contributed by atoms with Crippen molar-refractivity contribution < 1.29 is 28.7 Å². The fourth-order valence-electron chi connectivity index (χ4n) is 6.33. The number of Topliss-reactive ketones (excluding diaryl/α,β-unsaturated/α-hetero) is 2. The molecule has 1 aromatic carbocycles. The van der Waals surface area contributed by atoms with Crippen LogP contribution in [0.4, 0.5) is 0 Å². The number of hydrogen-bond donors (Lipinski definition) is 0. The summed E-state index contributed by atoms with van der Waals surface area (Å²) in [5, 5.41) is 0.782. The second-order valence-corrected chi connectivity index (χ2v) is 15.8. The summed E-state index contributed by atoms with van der Waals surface area (Å²) in [6.45, 7) is 7.62. The first-order chi connectivity index (χ1) is 21.1. The zero-order valence-corrected chi connectivity index (χ0v) is 27.9. The van der Waals surface area contributed by atoms with Gasteiger partial charge in [-0.2, -0.15) is 0 Å². The van der Waals surface area contributed by atoms with Crippen LogP contribution in [-0.4, -0.2) is 28.5 Å². The third-order valence-corrected chi connectivity index (χ3v) is 13.0. The Morgan fingerprint density at radius 1 is 0.705 bits per heavy atom. The van der Waals surface area contributed by atoms with Crippen molar-refractivity contribution in [3.63, 3.8) is 0 Å². The summed E-state index contributed by atoms with van der Waals surface area (Å²) in [4.78, 5) is 57.4. The molecule has 0 bridgehead atoms. The molecule has 0 aliphatic heterocycles. The van der Waals surface area contributed by atoms with Gasteiger partial charge in [0, 0.05) is 26.1 Å². The molecule has 232 valence electrons. The van der Waals surface area contributed by atoms with E-state index in [-0.39, 0.29) is 47.2 Å². The highest BCUT2D eigenvalue weighted by atomic mass is 32.1. The van der Waals surface area contributed by atoms with E-state index in [4.69, 9.17) is 14.5 Å². The fourth-order valence-corrected chi connectivity index (χ4v) is 9.81. The first-order valence-corrected chi connectivity index (χ1v) is 17.9. The number of fused-ring (bicyclic) bond motifs is 2. The van der Waals surface area contributed by atoms with Crippen LogP contribution in [0, 0.1) is 23.7 Å². The molecule has 0 saturated heterocycles. The quantitative estimate of drug-likeness (QED) is 0.138. The Balaban J connectivity index is 1.28. The van der Waals surface area contributed by atoms with Crippen molar-refractivity contribution in [2.75, 3.05) is 0 Å². The van der Waals surface area contributed by atoms with Crippen molar-refractivity contribution in [3.8, 4) is 21.4 Å². The molecule has 3 aromatic heterocycles. The summed E-state index contributed by atoms with van der Waals surface area (Å²) in [5.41, 5.74) is 0.501. The van der Waals surface area contributed by atoms with E-state index in [9.17, 15) is 19.2 Å². The maximum absolute atomic E-state index is 13.2. The molecule has 2 aliphatic carbocycles. The normalized spacial score (nSPS) is 22.4. The van der Waals surface area contributed by atoms with E-state index in [0.717, 1.165) is 9.88 Å². The van der Waals surface area contributed by atoms with E-state index in [1.165, 1.54) is 25.6 Å². The number of aromatic nitrogens is 1. The highest BCUT2D eigenvalue weighted by Crippen LogP contribution is 2.46. The Bertz CT molecular complexity index is 1610. The van der Waals surface area contributed by atoms with Crippen molar-refractivity contribution in [2.45, 2.75) is 85.0 Å². The Morgan fingerprint density at radius 2 is 1.20 bits per heavy atom. The molecule has 0 radical (unpaired) electrons. The van der Waals surface area contributed by atoms with E-state index in [1.54, 1.807) is 48.7 Å². The maximum atomic E-state index is 13.2. The minimum Gasteiger partial charge on any atom is -0.425 e. The first-order valence-electron chi connectivity index (χ1n) is 15.5. The molecule has 3 heterocycles. The summed E-state index contributed by atoms with van der Waals surface area (Å²) in [7, 11) is 0. The number of hydrogen-bond acceptors (Lipinski definition) is 10. The lowest BCUT2D eigenvalue weighted by Crippen LogP contribution is -2.28. The third-order valence-electron chi connectivity index (χ3n) is 9.17. The molecule has 2 saturated carbocycles. The van der Waals surface area contributed by atoms with Crippen LogP contribution in [0.15, 0.2) is 24.3 Å². The van der Waals surface area contributed by atoms with Crippen molar-refractivity contribution in [2.24, 2.45) is 23.7 Å². The lowest BCUT2D eigenvalue weighted by Gasteiger charge is -2.25. The summed E-state index contributed by atoms with van der Waals surface area (Å²) in [5.74, 6) is 0.508. The SMILES string of the molecule is CC(=O)C1CCC(C(=O)Oc2ccc(OC(=O)C3CCC(C(C)=O)CC3)c3sc(-c4cc5sc(C(C)C)cc5s4)nc23)CC1. The lowest BCUT2D eigenvalue weighted by molar-refractivity contribution is -0.141. The molecule has 4 aromatic rings. The van der Waals surface area contributed by atoms with Crippen molar-refractivity contribution in [1.29, 1.82) is 0 Å². The molecule has 44 heavy (non-hydrogen) atoms. The standard InChI is InChI=1S/C34H37NO6S3/c1-17(2)26-15-27-28(42-26)16-29(43-27)32-35-30-24(40-33(38)22-9-5-20(6-10-22)18(3)36)13-14-25(31(30)44-32)41-34(39)23-11-7-21(8-12-23)19(4)37/h13-17,20-23H,5-12H2,1-4H3. The van der Waals surface area contributed by atoms with Crippen LogP contribution in [0.25, 0.3) is 29.5 Å². The fraction of sp³-hybridized carbons (Fsp3) is 0.500. The van der Waals surface area contributed by atoms with Gasteiger partial charge in [-0.3, -0.25) is 19.2 Å². The smallest absolute Gasteiger partial charge is 0.314 e. The van der Waals surface area contributed by atoms with E-state index in [0.29, 0.717) is 79.0 Å². The van der Waals surface area contributed by atoms with Crippen molar-refractivity contribution >= 4 is 77.1 Å². The van der Waals surface area contributed by atoms with Gasteiger partial charge in [0.2, 0.25) is 0 Å². The average molecular weight is 652 g/mol. The van der Waals surface area contributed by atoms with Crippen molar-refractivity contribution in [3.05, 3.63) is 29.1 Å². The number of carbonyl (C=O) groups is 4. The summed E-state index contributed by atoms with van der Waals surface area (Å²) in [6.07, 6.45) is 5.31. The topological polar surface area (TPSA) is 99.6 Å². The van der Waals surface area contributed by atoms with Crippen molar-refractivity contribution in [1.82, 2.24) is 4.98 Å². The molecular weight excluding hydrogens is 615 g/mol. The minimum atomic E-state index is -0.312. The Kier molecular flexibility index (Phi) is 9.04. The molecule has 7 nitrogen and oxygen atoms in total. The Labute approximate surface area is 269 Å². The van der Waals surface area contributed by atoms with Crippen LogP contribution in [0.1, 0.15) is 89.9 Å². The van der Waals surface area contributed by atoms with Gasteiger partial charge in [0.15, 0.2) is 11.5 Å². The van der Waals surface area contributed by atoms with Crippen LogP contribution >= 0.6 is 34.0 Å². The Hall–Kier alpha value is -2.95. The van der Waals surface area contributed by atoms with Gasteiger partial charge >= 0.3 is 11.9 Å². The predicted molar refractivity (Wildman–Crippen MR) is 176 cm³/mol. The maximum Gasteiger partial charge on any atom is 0.314 e. The number of thiazole rings is 1. The molecule has 0 atom stereocenters. The predicted octanol–water partition coefficient (Wildman–Crippen LogP) is 8.96. The van der Waals surface area contributed by atoms with Gasteiger partial charge in [0.05, 0.1) is 16.7 Å². The number of ketones is 2. The zero-order valence-electron chi connectivity index (χ0n) is 25.5. The number of ether oxygens (including phenoxy) is 2. The number of carbonyl (C=O) groups excluding carboxylic acids is 4. The number of thiophene rings is 2. The number of esters is 2. The van der Waals surface area contributed by atoms with Gasteiger partial charge < -0.3 is 9.47 Å². The molecule has 0 unspecified atom stereocenters. The number of benzene rings is 1. The molecule has 2 aliphatic rings. The first kappa shape index (κ1) is 31.0. The average Bonchev–Trinajstić information content (AvgIpc) is 3.72. The third kappa shape index (κ3) is 6.39. The largest absolute Gasteiger partial charge is 0.425 e. The van der Waals surface area contributed by atoms with Gasteiger partial charge in [0.1, 0.15) is 26.8 Å². The monoisotopic (exact) mass is 651 g/mol. The van der Waals surface area contributed by atoms with Crippen LogP contribution < -0.4 is 9.47 Å². The molecule has 0 spiro atoms. The van der Waals surface area contributed by atoms with Gasteiger partial charge in [-0.15, -0.1) is 34.0 Å². The molecule has 2 fully saturated rings. The summed E-state index contributed by atoms with van der Waals surface area (Å²) < 4.78 is 15.0. The van der Waals surface area contributed by atoms with Gasteiger partial charge in [0.25, 0.3) is 0 Å². The second kappa shape index (κ2) is 12.8. The molecule has 10 heteroatoms. The van der Waals surface area contributed by atoms with Gasteiger partial charge in [-0.1, -0.05) is 13.8 Å². The molecule has 6 rings (SSSR count). The highest BCUT2D eigenvalue weighted by Gasteiger charge is 2.32. The second-order valence-electron chi connectivity index (χ2n) is 12.6. The summed E-state index contributed by atoms with van der Waals surface area (Å²) >= 11 is 4.91. The molecular formula is C34H37NO6S3. The minimum absolute atomic E-state index is 0.0235. The number of rotatable bonds is 8. The van der Waals surface area contributed by atoms with E-state index < -0.39 is 0 Å².